The molecule has 1 aliphatic carbocycles. The van der Waals surface area contributed by atoms with Crippen molar-refractivity contribution in [2.75, 3.05) is 19.0 Å². The van der Waals surface area contributed by atoms with Crippen molar-refractivity contribution >= 4 is 22.5 Å². The van der Waals surface area contributed by atoms with Gasteiger partial charge in [-0.1, -0.05) is 83.6 Å². The Kier molecular flexibility index (Phi) is 13.9. The van der Waals surface area contributed by atoms with Crippen molar-refractivity contribution in [3.05, 3.63) is 65.5 Å². The van der Waals surface area contributed by atoms with Crippen LogP contribution in [0.3, 0.4) is 0 Å². The molecule has 4 rings (SSSR count). The summed E-state index contributed by atoms with van der Waals surface area (Å²) in [5.41, 5.74) is 0.550. The van der Waals surface area contributed by atoms with Gasteiger partial charge < -0.3 is 4.90 Å². The first kappa shape index (κ1) is 32.1. The fraction of sp³-hybridized carbons (Fsp3) is 0.500. The monoisotopic (exact) mass is 517 g/mol. The SMILES string of the molecule is CC(=O)c1ccc(C(F)(F)F)cc1.CC1CCCCC1.CCC.Cc1nc(N(C)C)c2ccccc2n1. The average Bonchev–Trinajstić information content (AvgIpc) is 2.85. The molecule has 2 aromatic carbocycles. The maximum absolute atomic E-state index is 12.0. The minimum atomic E-state index is -4.34. The van der Waals surface area contributed by atoms with Gasteiger partial charge in [0.05, 0.1) is 11.1 Å². The predicted octanol–water partition coefficient (Wildman–Crippen LogP) is 8.92. The van der Waals surface area contributed by atoms with Crippen LogP contribution >= 0.6 is 0 Å². The Morgan fingerprint density at radius 2 is 1.49 bits per heavy atom. The number of aromatic nitrogens is 2. The number of carbonyl (C=O) groups is 1. The number of rotatable bonds is 2. The number of para-hydroxylation sites is 1. The second kappa shape index (κ2) is 16.0. The minimum absolute atomic E-state index is 0.242. The van der Waals surface area contributed by atoms with Crippen LogP contribution in [0.25, 0.3) is 10.9 Å². The van der Waals surface area contributed by atoms with E-state index in [4.69, 9.17) is 0 Å². The number of carbonyl (C=O) groups excluding carboxylic acids is 1. The number of aryl methyl sites for hydroxylation is 1. The molecule has 0 bridgehead atoms. The summed E-state index contributed by atoms with van der Waals surface area (Å²) < 4.78 is 36.1. The van der Waals surface area contributed by atoms with E-state index in [0.29, 0.717) is 0 Å². The highest BCUT2D eigenvalue weighted by atomic mass is 19.4. The molecule has 1 aliphatic rings. The first-order chi connectivity index (χ1) is 17.4. The van der Waals surface area contributed by atoms with Gasteiger partial charge in [0.2, 0.25) is 0 Å². The number of ketones is 1. The number of anilines is 1. The van der Waals surface area contributed by atoms with Crippen molar-refractivity contribution in [1.82, 2.24) is 9.97 Å². The van der Waals surface area contributed by atoms with Crippen LogP contribution in [0.2, 0.25) is 0 Å². The molecule has 3 aromatic rings. The van der Waals surface area contributed by atoms with Gasteiger partial charge in [-0.05, 0) is 44.0 Å². The third kappa shape index (κ3) is 11.8. The number of hydrogen-bond acceptors (Lipinski definition) is 4. The molecular formula is C30H42F3N3O. The average molecular weight is 518 g/mol. The highest BCUT2D eigenvalue weighted by molar-refractivity contribution is 5.94. The van der Waals surface area contributed by atoms with Crippen LogP contribution < -0.4 is 4.90 Å². The molecule has 7 heteroatoms. The summed E-state index contributed by atoms with van der Waals surface area (Å²) in [5, 5.41) is 1.10. The Morgan fingerprint density at radius 3 is 1.92 bits per heavy atom. The van der Waals surface area contributed by atoms with Crippen LogP contribution in [0, 0.1) is 12.8 Å². The van der Waals surface area contributed by atoms with Crippen LogP contribution in [0.1, 0.15) is 88.0 Å². The summed E-state index contributed by atoms with van der Waals surface area (Å²) >= 11 is 0. The standard InChI is InChI=1S/C11H13N3.C9H7F3O.C7H14.C3H8/c1-8-12-10-7-5-4-6-9(10)11(13-8)14(2)3;1-6(13)7-2-4-8(5-3-7)9(10,11)12;1-7-5-3-2-4-6-7;1-3-2/h4-7H,1-3H3;2-5H,1H3;7H,2-6H2,1H3;3H2,1-2H3. The normalized spacial score (nSPS) is 13.2. The van der Waals surface area contributed by atoms with Gasteiger partial charge in [-0.25, -0.2) is 9.97 Å². The van der Waals surface area contributed by atoms with E-state index in [1.165, 1.54) is 57.6 Å². The molecule has 0 unspecified atom stereocenters. The van der Waals surface area contributed by atoms with Crippen molar-refractivity contribution in [1.29, 1.82) is 0 Å². The molecule has 37 heavy (non-hydrogen) atoms. The molecule has 1 aromatic heterocycles. The second-order valence-corrected chi connectivity index (χ2v) is 9.59. The maximum atomic E-state index is 12.0. The second-order valence-electron chi connectivity index (χ2n) is 9.59. The number of benzene rings is 2. The zero-order chi connectivity index (χ0) is 28.0. The number of Topliss-reactive ketones (excluding diaryl/α,β-unsaturated/α-hetero) is 1. The highest BCUT2D eigenvalue weighted by Crippen LogP contribution is 2.29. The Morgan fingerprint density at radius 1 is 0.946 bits per heavy atom. The highest BCUT2D eigenvalue weighted by Gasteiger charge is 2.30. The molecule has 0 aliphatic heterocycles. The van der Waals surface area contributed by atoms with E-state index in [0.717, 1.165) is 40.6 Å². The van der Waals surface area contributed by atoms with Gasteiger partial charge in [0.15, 0.2) is 5.78 Å². The molecule has 0 atom stereocenters. The Balaban J connectivity index is 0.000000275. The van der Waals surface area contributed by atoms with Crippen molar-refractivity contribution in [2.24, 2.45) is 5.92 Å². The van der Waals surface area contributed by atoms with Crippen molar-refractivity contribution in [2.45, 2.75) is 79.3 Å². The Hall–Kier alpha value is -2.96. The van der Waals surface area contributed by atoms with Crippen molar-refractivity contribution in [3.63, 3.8) is 0 Å². The molecule has 0 radical (unpaired) electrons. The summed E-state index contributed by atoms with van der Waals surface area (Å²) in [6, 6.07) is 12.2. The predicted molar refractivity (Wildman–Crippen MR) is 148 cm³/mol. The first-order valence-corrected chi connectivity index (χ1v) is 13.0. The van der Waals surface area contributed by atoms with E-state index in [1.54, 1.807) is 0 Å². The molecule has 1 fully saturated rings. The lowest BCUT2D eigenvalue weighted by Gasteiger charge is -2.15. The summed E-state index contributed by atoms with van der Waals surface area (Å²) in [7, 11) is 3.99. The lowest BCUT2D eigenvalue weighted by atomic mass is 9.91. The topological polar surface area (TPSA) is 46.1 Å². The molecule has 1 heterocycles. The summed E-state index contributed by atoms with van der Waals surface area (Å²) in [6.45, 7) is 9.83. The van der Waals surface area contributed by atoms with Gasteiger partial charge >= 0.3 is 6.18 Å². The fourth-order valence-corrected chi connectivity index (χ4v) is 3.71. The molecular weight excluding hydrogens is 475 g/mol. The summed E-state index contributed by atoms with van der Waals surface area (Å²) in [4.78, 5) is 21.5. The van der Waals surface area contributed by atoms with Crippen LogP contribution in [0.4, 0.5) is 19.0 Å². The quantitative estimate of drug-likeness (QED) is 0.318. The van der Waals surface area contributed by atoms with E-state index in [-0.39, 0.29) is 11.3 Å². The molecule has 0 saturated heterocycles. The lowest BCUT2D eigenvalue weighted by Crippen LogP contribution is -2.12. The van der Waals surface area contributed by atoms with Gasteiger partial charge in [-0.3, -0.25) is 4.79 Å². The molecule has 0 amide bonds. The van der Waals surface area contributed by atoms with Gasteiger partial charge in [-0.15, -0.1) is 0 Å². The smallest absolute Gasteiger partial charge is 0.362 e. The van der Waals surface area contributed by atoms with Gasteiger partial charge in [0, 0.05) is 25.0 Å². The molecule has 204 valence electrons. The Labute approximate surface area is 220 Å². The molecule has 1 saturated carbocycles. The van der Waals surface area contributed by atoms with Crippen LogP contribution in [-0.4, -0.2) is 29.8 Å². The molecule has 4 nitrogen and oxygen atoms in total. The maximum Gasteiger partial charge on any atom is 0.416 e. The zero-order valence-electron chi connectivity index (χ0n) is 23.3. The van der Waals surface area contributed by atoms with Gasteiger partial charge in [0.25, 0.3) is 0 Å². The van der Waals surface area contributed by atoms with Gasteiger partial charge in [0.1, 0.15) is 11.6 Å². The number of alkyl halides is 3. The van der Waals surface area contributed by atoms with Crippen LogP contribution in [-0.2, 0) is 6.18 Å². The fourth-order valence-electron chi connectivity index (χ4n) is 3.71. The van der Waals surface area contributed by atoms with E-state index in [9.17, 15) is 18.0 Å². The third-order valence-electron chi connectivity index (χ3n) is 5.63. The van der Waals surface area contributed by atoms with E-state index >= 15 is 0 Å². The van der Waals surface area contributed by atoms with E-state index < -0.39 is 11.7 Å². The van der Waals surface area contributed by atoms with E-state index in [2.05, 4.69) is 30.7 Å². The largest absolute Gasteiger partial charge is 0.416 e. The Bertz CT molecular complexity index is 1070. The number of hydrogen-bond donors (Lipinski definition) is 0. The lowest BCUT2D eigenvalue weighted by molar-refractivity contribution is -0.137. The van der Waals surface area contributed by atoms with Crippen molar-refractivity contribution < 1.29 is 18.0 Å². The summed E-state index contributed by atoms with van der Waals surface area (Å²) in [5.74, 6) is 2.59. The van der Waals surface area contributed by atoms with E-state index in [1.807, 2.05) is 50.2 Å². The third-order valence-corrected chi connectivity index (χ3v) is 5.63. The molecule has 0 spiro atoms. The van der Waals surface area contributed by atoms with Crippen LogP contribution in [0.5, 0.6) is 0 Å². The van der Waals surface area contributed by atoms with Crippen molar-refractivity contribution in [3.8, 4) is 0 Å². The number of halogens is 3. The summed E-state index contributed by atoms with van der Waals surface area (Å²) in [6.07, 6.45) is 4.35. The first-order valence-electron chi connectivity index (χ1n) is 13.0. The zero-order valence-corrected chi connectivity index (χ0v) is 23.3. The van der Waals surface area contributed by atoms with Crippen LogP contribution in [0.15, 0.2) is 48.5 Å². The number of fused-ring (bicyclic) bond motifs is 1. The number of nitrogens with zero attached hydrogens (tertiary/aromatic N) is 3. The molecule has 0 N–H and O–H groups in total. The minimum Gasteiger partial charge on any atom is -0.362 e. The van der Waals surface area contributed by atoms with Gasteiger partial charge in [-0.2, -0.15) is 13.2 Å².